The normalized spacial score (nSPS) is 19.0. The van der Waals surface area contributed by atoms with Gasteiger partial charge >= 0.3 is 0 Å². The second kappa shape index (κ2) is 4.86. The minimum Gasteiger partial charge on any atom is -0.304 e. The van der Waals surface area contributed by atoms with E-state index in [-0.39, 0.29) is 0 Å². The molecule has 1 aliphatic carbocycles. The predicted molar refractivity (Wildman–Crippen MR) is 56.5 cm³/mol. The average molecular weight is 171 g/mol. The van der Waals surface area contributed by atoms with Gasteiger partial charge in [0.1, 0.15) is 0 Å². The fourth-order valence-electron chi connectivity index (χ4n) is 1.74. The molecule has 0 aliphatic heterocycles. The van der Waals surface area contributed by atoms with Crippen LogP contribution in [-0.2, 0) is 0 Å². The standard InChI is InChI=1S/C9H19N.C2H6/c1-8(2)7-9(5-6-9)10(3)4;1-2/h8H,5-7H2,1-4H3;1-2H3. The second-order valence-electron chi connectivity index (χ2n) is 4.22. The molecule has 1 heteroatoms. The van der Waals surface area contributed by atoms with Crippen molar-refractivity contribution in [3.8, 4) is 0 Å². The molecule has 1 fully saturated rings. The maximum atomic E-state index is 2.40. The summed E-state index contributed by atoms with van der Waals surface area (Å²) < 4.78 is 0. The quantitative estimate of drug-likeness (QED) is 0.630. The summed E-state index contributed by atoms with van der Waals surface area (Å²) in [7, 11) is 4.41. The Kier molecular flexibility index (Phi) is 4.84. The lowest BCUT2D eigenvalue weighted by atomic mass is 10.0. The molecular weight excluding hydrogens is 146 g/mol. The Hall–Kier alpha value is -0.0400. The molecule has 74 valence electrons. The van der Waals surface area contributed by atoms with Crippen LogP contribution in [0.25, 0.3) is 0 Å². The third-order valence-corrected chi connectivity index (χ3v) is 2.56. The molecule has 1 saturated carbocycles. The highest BCUT2D eigenvalue weighted by atomic mass is 15.2. The minimum atomic E-state index is 0.605. The lowest BCUT2D eigenvalue weighted by molar-refractivity contribution is 0.233. The molecule has 0 N–H and O–H groups in total. The molecule has 12 heavy (non-hydrogen) atoms. The molecule has 0 saturated heterocycles. The van der Waals surface area contributed by atoms with Gasteiger partial charge < -0.3 is 4.90 Å². The molecule has 0 heterocycles. The van der Waals surface area contributed by atoms with Crippen LogP contribution in [0.5, 0.6) is 0 Å². The fraction of sp³-hybridized carbons (Fsp3) is 1.00. The van der Waals surface area contributed by atoms with Crippen LogP contribution in [0.3, 0.4) is 0 Å². The molecule has 0 radical (unpaired) electrons. The molecule has 1 rings (SSSR count). The molecule has 0 unspecified atom stereocenters. The smallest absolute Gasteiger partial charge is 0.0207 e. The molecular formula is C11H25N. The first-order valence-corrected chi connectivity index (χ1v) is 5.24. The first kappa shape index (κ1) is 12.0. The van der Waals surface area contributed by atoms with Crippen molar-refractivity contribution in [3.63, 3.8) is 0 Å². The number of hydrogen-bond donors (Lipinski definition) is 0. The van der Waals surface area contributed by atoms with Crippen molar-refractivity contribution >= 4 is 0 Å². The largest absolute Gasteiger partial charge is 0.304 e. The van der Waals surface area contributed by atoms with E-state index in [0.29, 0.717) is 5.54 Å². The van der Waals surface area contributed by atoms with Gasteiger partial charge in [0.2, 0.25) is 0 Å². The van der Waals surface area contributed by atoms with Crippen molar-refractivity contribution in [2.75, 3.05) is 14.1 Å². The Morgan fingerprint density at radius 2 is 1.58 bits per heavy atom. The summed E-state index contributed by atoms with van der Waals surface area (Å²) in [6.45, 7) is 8.62. The Bertz CT molecular complexity index is 112. The van der Waals surface area contributed by atoms with E-state index in [2.05, 4.69) is 32.8 Å². The molecule has 0 aromatic heterocycles. The summed E-state index contributed by atoms with van der Waals surface area (Å²) in [5.41, 5.74) is 0.605. The summed E-state index contributed by atoms with van der Waals surface area (Å²) in [5, 5.41) is 0. The van der Waals surface area contributed by atoms with Gasteiger partial charge in [-0.05, 0) is 39.3 Å². The summed E-state index contributed by atoms with van der Waals surface area (Å²) in [5.74, 6) is 0.852. The Balaban J connectivity index is 0.000000561. The summed E-state index contributed by atoms with van der Waals surface area (Å²) in [6.07, 6.45) is 4.20. The van der Waals surface area contributed by atoms with Crippen LogP contribution in [-0.4, -0.2) is 24.5 Å². The van der Waals surface area contributed by atoms with E-state index in [1.807, 2.05) is 13.8 Å². The van der Waals surface area contributed by atoms with Crippen molar-refractivity contribution in [2.24, 2.45) is 5.92 Å². The van der Waals surface area contributed by atoms with Gasteiger partial charge in [0.15, 0.2) is 0 Å². The van der Waals surface area contributed by atoms with E-state index in [1.54, 1.807) is 0 Å². The monoisotopic (exact) mass is 171 g/mol. The lowest BCUT2D eigenvalue weighted by Crippen LogP contribution is -2.31. The zero-order valence-electron chi connectivity index (χ0n) is 9.65. The highest BCUT2D eigenvalue weighted by Gasteiger charge is 2.44. The first-order chi connectivity index (χ1) is 5.57. The summed E-state index contributed by atoms with van der Waals surface area (Å²) >= 11 is 0. The van der Waals surface area contributed by atoms with E-state index < -0.39 is 0 Å². The highest BCUT2D eigenvalue weighted by molar-refractivity contribution is 5.01. The van der Waals surface area contributed by atoms with Gasteiger partial charge in [-0.15, -0.1) is 0 Å². The van der Waals surface area contributed by atoms with Crippen molar-refractivity contribution in [1.29, 1.82) is 0 Å². The van der Waals surface area contributed by atoms with E-state index >= 15 is 0 Å². The van der Waals surface area contributed by atoms with Gasteiger partial charge in [-0.3, -0.25) is 0 Å². The SMILES string of the molecule is CC.CC(C)CC1(N(C)C)CC1. The minimum absolute atomic E-state index is 0.605. The van der Waals surface area contributed by atoms with Gasteiger partial charge in [-0.25, -0.2) is 0 Å². The van der Waals surface area contributed by atoms with E-state index in [1.165, 1.54) is 19.3 Å². The zero-order chi connectivity index (χ0) is 9.78. The van der Waals surface area contributed by atoms with Crippen molar-refractivity contribution in [1.82, 2.24) is 4.90 Å². The second-order valence-corrected chi connectivity index (χ2v) is 4.22. The van der Waals surface area contributed by atoms with E-state index in [4.69, 9.17) is 0 Å². The summed E-state index contributed by atoms with van der Waals surface area (Å²) in [4.78, 5) is 2.40. The topological polar surface area (TPSA) is 3.24 Å². The van der Waals surface area contributed by atoms with Gasteiger partial charge in [-0.2, -0.15) is 0 Å². The Morgan fingerprint density at radius 1 is 1.17 bits per heavy atom. The van der Waals surface area contributed by atoms with Gasteiger partial charge in [0, 0.05) is 5.54 Å². The lowest BCUT2D eigenvalue weighted by Gasteiger charge is -2.25. The number of nitrogens with zero attached hydrogens (tertiary/aromatic N) is 1. The average Bonchev–Trinajstić information content (AvgIpc) is 2.72. The zero-order valence-corrected chi connectivity index (χ0v) is 9.65. The molecule has 0 atom stereocenters. The maximum absolute atomic E-state index is 2.40. The molecule has 0 aromatic rings. The van der Waals surface area contributed by atoms with Gasteiger partial charge in [0.25, 0.3) is 0 Å². The maximum Gasteiger partial charge on any atom is 0.0207 e. The Morgan fingerprint density at radius 3 is 1.67 bits per heavy atom. The van der Waals surface area contributed by atoms with Crippen LogP contribution in [0.15, 0.2) is 0 Å². The molecule has 1 nitrogen and oxygen atoms in total. The number of hydrogen-bond acceptors (Lipinski definition) is 1. The van der Waals surface area contributed by atoms with Crippen LogP contribution in [0.2, 0.25) is 0 Å². The van der Waals surface area contributed by atoms with Crippen LogP contribution >= 0.6 is 0 Å². The first-order valence-electron chi connectivity index (χ1n) is 5.24. The van der Waals surface area contributed by atoms with Gasteiger partial charge in [0.05, 0.1) is 0 Å². The van der Waals surface area contributed by atoms with E-state index in [0.717, 1.165) is 5.92 Å². The van der Waals surface area contributed by atoms with Gasteiger partial charge in [-0.1, -0.05) is 27.7 Å². The van der Waals surface area contributed by atoms with Crippen LogP contribution < -0.4 is 0 Å². The molecule has 0 aromatic carbocycles. The highest BCUT2D eigenvalue weighted by Crippen LogP contribution is 2.44. The van der Waals surface area contributed by atoms with E-state index in [9.17, 15) is 0 Å². The molecule has 1 aliphatic rings. The molecule has 0 amide bonds. The third kappa shape index (κ3) is 3.14. The Labute approximate surface area is 78.1 Å². The predicted octanol–water partition coefficient (Wildman–Crippen LogP) is 3.15. The molecule has 0 spiro atoms. The fourth-order valence-corrected chi connectivity index (χ4v) is 1.74. The van der Waals surface area contributed by atoms with Crippen LogP contribution in [0, 0.1) is 5.92 Å². The van der Waals surface area contributed by atoms with Crippen molar-refractivity contribution < 1.29 is 0 Å². The molecule has 0 bridgehead atoms. The van der Waals surface area contributed by atoms with Crippen LogP contribution in [0.4, 0.5) is 0 Å². The van der Waals surface area contributed by atoms with Crippen molar-refractivity contribution in [3.05, 3.63) is 0 Å². The number of rotatable bonds is 3. The van der Waals surface area contributed by atoms with Crippen molar-refractivity contribution in [2.45, 2.75) is 52.5 Å². The third-order valence-electron chi connectivity index (χ3n) is 2.56. The van der Waals surface area contributed by atoms with Crippen LogP contribution in [0.1, 0.15) is 47.0 Å². The summed E-state index contributed by atoms with van der Waals surface area (Å²) in [6, 6.07) is 0.